The van der Waals surface area contributed by atoms with E-state index in [9.17, 15) is 27.7 Å². The molecule has 0 saturated carbocycles. The van der Waals surface area contributed by atoms with Gasteiger partial charge in [-0.25, -0.2) is 12.8 Å². The second-order valence-electron chi connectivity index (χ2n) is 3.55. The molecule has 1 aromatic rings. The minimum absolute atomic E-state index is 0.531. The Morgan fingerprint density at radius 2 is 2.11 bits per heavy atom. The van der Waals surface area contributed by atoms with E-state index in [0.717, 1.165) is 19.1 Å². The topological polar surface area (TPSA) is 127 Å². The molecule has 0 spiro atoms. The summed E-state index contributed by atoms with van der Waals surface area (Å²) >= 11 is 0. The van der Waals surface area contributed by atoms with E-state index in [0.29, 0.717) is 6.07 Å². The molecule has 2 N–H and O–H groups in total. The van der Waals surface area contributed by atoms with Crippen molar-refractivity contribution >= 4 is 27.4 Å². The van der Waals surface area contributed by atoms with Crippen LogP contribution in [0.5, 0.6) is 0 Å². The molecule has 0 aliphatic rings. The molecule has 0 aliphatic carbocycles. The van der Waals surface area contributed by atoms with Gasteiger partial charge < -0.3 is 5.11 Å². The van der Waals surface area contributed by atoms with E-state index in [1.54, 1.807) is 4.72 Å². The lowest BCUT2D eigenvalue weighted by Crippen LogP contribution is -2.32. The molecule has 1 atom stereocenters. The molecule has 0 fully saturated rings. The summed E-state index contributed by atoms with van der Waals surface area (Å²) in [5.74, 6) is -2.77. The number of carboxylic acids is 1. The summed E-state index contributed by atoms with van der Waals surface area (Å²) in [6, 6.07) is 2.27. The minimum Gasteiger partial charge on any atom is -0.480 e. The number of carboxylic acid groups (broad SMARTS) is 1. The first-order valence-corrected chi connectivity index (χ1v) is 6.38. The molecule has 1 unspecified atom stereocenters. The van der Waals surface area contributed by atoms with Gasteiger partial charge in [-0.3, -0.25) is 19.6 Å². The predicted molar refractivity (Wildman–Crippen MR) is 62.7 cm³/mol. The lowest BCUT2D eigenvalue weighted by atomic mass is 10.3. The maximum absolute atomic E-state index is 13.4. The van der Waals surface area contributed by atoms with Crippen LogP contribution in [0.1, 0.15) is 6.92 Å². The van der Waals surface area contributed by atoms with Gasteiger partial charge in [0.15, 0.2) is 11.1 Å². The first kappa shape index (κ1) is 14.8. The minimum atomic E-state index is -4.33. The van der Waals surface area contributed by atoms with E-state index < -0.39 is 43.4 Å². The molecule has 1 rings (SSSR count). The summed E-state index contributed by atoms with van der Waals surface area (Å²) < 4.78 is 38.2. The number of carbonyl (C=O) groups is 1. The molecule has 10 heteroatoms. The zero-order valence-electron chi connectivity index (χ0n) is 9.53. The number of aliphatic carboxylic acids is 1. The SMILES string of the molecule is CC(C(=O)O)S(=O)(=O)Nc1ccc([N+](=O)[O-])cc1F. The summed E-state index contributed by atoms with van der Waals surface area (Å²) in [4.78, 5) is 20.1. The van der Waals surface area contributed by atoms with Crippen LogP contribution in [0.2, 0.25) is 0 Å². The zero-order chi connectivity index (χ0) is 14.8. The lowest BCUT2D eigenvalue weighted by molar-refractivity contribution is -0.385. The molecule has 19 heavy (non-hydrogen) atoms. The van der Waals surface area contributed by atoms with E-state index in [4.69, 9.17) is 5.11 Å². The van der Waals surface area contributed by atoms with Crippen molar-refractivity contribution < 1.29 is 27.6 Å². The van der Waals surface area contributed by atoms with Crippen LogP contribution in [-0.4, -0.2) is 29.7 Å². The summed E-state index contributed by atoms with van der Waals surface area (Å²) in [6.07, 6.45) is 0. The zero-order valence-corrected chi connectivity index (χ0v) is 10.3. The maximum Gasteiger partial charge on any atom is 0.323 e. The third-order valence-electron chi connectivity index (χ3n) is 2.23. The molecule has 0 bridgehead atoms. The Balaban J connectivity index is 3.07. The second-order valence-corrected chi connectivity index (χ2v) is 5.55. The van der Waals surface area contributed by atoms with Crippen LogP contribution in [0.15, 0.2) is 18.2 Å². The van der Waals surface area contributed by atoms with Gasteiger partial charge in [-0.05, 0) is 13.0 Å². The van der Waals surface area contributed by atoms with Gasteiger partial charge >= 0.3 is 5.97 Å². The van der Waals surface area contributed by atoms with Crippen molar-refractivity contribution in [1.29, 1.82) is 0 Å². The van der Waals surface area contributed by atoms with Crippen LogP contribution < -0.4 is 4.72 Å². The molecule has 0 saturated heterocycles. The highest BCUT2D eigenvalue weighted by atomic mass is 32.2. The highest BCUT2D eigenvalue weighted by Gasteiger charge is 2.28. The number of benzene rings is 1. The van der Waals surface area contributed by atoms with Crippen LogP contribution in [0.3, 0.4) is 0 Å². The van der Waals surface area contributed by atoms with E-state index in [-0.39, 0.29) is 0 Å². The average Bonchev–Trinajstić information content (AvgIpc) is 2.30. The number of nitro benzene ring substituents is 1. The summed E-state index contributed by atoms with van der Waals surface area (Å²) in [6.45, 7) is 0.911. The normalized spacial score (nSPS) is 12.7. The van der Waals surface area contributed by atoms with Crippen molar-refractivity contribution in [1.82, 2.24) is 0 Å². The number of hydrogen-bond acceptors (Lipinski definition) is 5. The maximum atomic E-state index is 13.4. The van der Waals surface area contributed by atoms with Crippen LogP contribution in [0.25, 0.3) is 0 Å². The molecule has 0 aliphatic heterocycles. The molecule has 0 heterocycles. The molecule has 0 radical (unpaired) electrons. The number of hydrogen-bond donors (Lipinski definition) is 2. The Labute approximate surface area is 107 Å². The highest BCUT2D eigenvalue weighted by Crippen LogP contribution is 2.22. The number of rotatable bonds is 5. The predicted octanol–water partition coefficient (Wildman–Crippen LogP) is 0.949. The van der Waals surface area contributed by atoms with Gasteiger partial charge in [0.1, 0.15) is 0 Å². The largest absolute Gasteiger partial charge is 0.480 e. The van der Waals surface area contributed by atoms with Crippen molar-refractivity contribution in [2.24, 2.45) is 0 Å². The van der Waals surface area contributed by atoms with Crippen LogP contribution in [-0.2, 0) is 14.8 Å². The van der Waals surface area contributed by atoms with Crippen molar-refractivity contribution in [3.63, 3.8) is 0 Å². The van der Waals surface area contributed by atoms with Crippen molar-refractivity contribution in [3.05, 3.63) is 34.1 Å². The van der Waals surface area contributed by atoms with E-state index in [2.05, 4.69) is 0 Å². The molecular weight excluding hydrogens is 283 g/mol. The van der Waals surface area contributed by atoms with Gasteiger partial charge in [-0.15, -0.1) is 0 Å². The number of non-ortho nitro benzene ring substituents is 1. The van der Waals surface area contributed by atoms with Gasteiger partial charge in [0, 0.05) is 6.07 Å². The third kappa shape index (κ3) is 3.37. The monoisotopic (exact) mass is 292 g/mol. The summed E-state index contributed by atoms with van der Waals surface area (Å²) in [5.41, 5.74) is -1.11. The van der Waals surface area contributed by atoms with Gasteiger partial charge in [-0.1, -0.05) is 0 Å². The first-order valence-electron chi connectivity index (χ1n) is 4.83. The fourth-order valence-corrected chi connectivity index (χ4v) is 1.99. The van der Waals surface area contributed by atoms with Gasteiger partial charge in [0.2, 0.25) is 10.0 Å². The third-order valence-corrected chi connectivity index (χ3v) is 3.87. The molecular formula is C9H9FN2O6S. The highest BCUT2D eigenvalue weighted by molar-refractivity contribution is 7.94. The Morgan fingerprint density at radius 1 is 1.53 bits per heavy atom. The first-order chi connectivity index (χ1) is 8.65. The van der Waals surface area contributed by atoms with Crippen molar-refractivity contribution in [3.8, 4) is 0 Å². The molecule has 8 nitrogen and oxygen atoms in total. The Morgan fingerprint density at radius 3 is 2.53 bits per heavy atom. The quantitative estimate of drug-likeness (QED) is 0.614. The number of nitrogens with one attached hydrogen (secondary N) is 1. The lowest BCUT2D eigenvalue weighted by Gasteiger charge is -2.11. The average molecular weight is 292 g/mol. The van der Waals surface area contributed by atoms with Crippen molar-refractivity contribution in [2.75, 3.05) is 4.72 Å². The summed E-state index contributed by atoms with van der Waals surface area (Å²) in [7, 11) is -4.33. The number of anilines is 1. The Bertz CT molecular complexity index is 630. The number of sulfonamides is 1. The van der Waals surface area contributed by atoms with E-state index >= 15 is 0 Å². The van der Waals surface area contributed by atoms with E-state index in [1.807, 2.05) is 0 Å². The second kappa shape index (κ2) is 5.18. The molecule has 0 aromatic heterocycles. The van der Waals surface area contributed by atoms with Gasteiger partial charge in [0.05, 0.1) is 16.7 Å². The van der Waals surface area contributed by atoms with Crippen molar-refractivity contribution in [2.45, 2.75) is 12.2 Å². The van der Waals surface area contributed by atoms with Gasteiger partial charge in [-0.2, -0.15) is 0 Å². The van der Waals surface area contributed by atoms with Crippen LogP contribution >= 0.6 is 0 Å². The fraction of sp³-hybridized carbons (Fsp3) is 0.222. The van der Waals surface area contributed by atoms with Crippen LogP contribution in [0, 0.1) is 15.9 Å². The standard InChI is InChI=1S/C9H9FN2O6S/c1-5(9(13)14)19(17,18)11-8-3-2-6(12(15)16)4-7(8)10/h2-5,11H,1H3,(H,13,14). The molecule has 1 aromatic carbocycles. The number of halogens is 1. The van der Waals surface area contributed by atoms with Gasteiger partial charge in [0.25, 0.3) is 5.69 Å². The Kier molecular flexibility index (Phi) is 4.04. The van der Waals surface area contributed by atoms with Crippen LogP contribution in [0.4, 0.5) is 15.8 Å². The molecule has 0 amide bonds. The molecule has 104 valence electrons. The summed E-state index contributed by atoms with van der Waals surface area (Å²) in [5, 5.41) is 17.2. The number of nitro groups is 1. The fourth-order valence-electron chi connectivity index (χ4n) is 1.07. The number of nitrogens with zero attached hydrogens (tertiary/aromatic N) is 1. The Hall–Kier alpha value is -2.23. The smallest absolute Gasteiger partial charge is 0.323 e. The van der Waals surface area contributed by atoms with E-state index in [1.165, 1.54) is 0 Å².